The number of fused-ring (bicyclic) bond motifs is 4. The summed E-state index contributed by atoms with van der Waals surface area (Å²) in [7, 11) is 5.21. The maximum absolute atomic E-state index is 13.0. The second-order valence-corrected chi connectivity index (χ2v) is 18.1. The molecular weight excluding hydrogens is 815 g/mol. The quantitative estimate of drug-likeness (QED) is 0.0589. The first-order chi connectivity index (χ1) is 31.1. The predicted octanol–water partition coefficient (Wildman–Crippen LogP) is 8.65. The lowest BCUT2D eigenvalue weighted by molar-refractivity contribution is -0.151. The average Bonchev–Trinajstić information content (AvgIpc) is 3.80. The van der Waals surface area contributed by atoms with Gasteiger partial charge in [-0.3, -0.25) is 0 Å². The maximum Gasteiger partial charge on any atom is 0.133 e. The number of hydrogen-bond acceptors (Lipinski definition) is 12. The maximum atomic E-state index is 13.0. The molecule has 0 saturated heterocycles. The van der Waals surface area contributed by atoms with Crippen LogP contribution < -0.4 is 24.3 Å². The van der Waals surface area contributed by atoms with E-state index >= 15 is 0 Å². The van der Waals surface area contributed by atoms with Crippen LogP contribution in [0.2, 0.25) is 0 Å². The zero-order valence-electron chi connectivity index (χ0n) is 36.9. The molecule has 0 spiro atoms. The van der Waals surface area contributed by atoms with Gasteiger partial charge in [-0.15, -0.1) is 0 Å². The summed E-state index contributed by atoms with van der Waals surface area (Å²) in [5.41, 5.74) is 4.64. The third kappa shape index (κ3) is 8.91. The minimum absolute atomic E-state index is 0.0186. The third-order valence-corrected chi connectivity index (χ3v) is 14.0. The normalized spacial score (nSPS) is 25.6. The summed E-state index contributed by atoms with van der Waals surface area (Å²) in [5.74, 6) is 1.77. The van der Waals surface area contributed by atoms with Gasteiger partial charge in [-0.05, 0) is 136 Å². The number of aliphatic hydroxyl groups excluding tert-OH is 2. The molecule has 9 rings (SSSR count). The molecule has 8 atom stereocenters. The van der Waals surface area contributed by atoms with E-state index in [4.69, 9.17) is 28.4 Å². The van der Waals surface area contributed by atoms with E-state index < -0.39 is 36.3 Å². The fourth-order valence-corrected chi connectivity index (χ4v) is 10.8. The van der Waals surface area contributed by atoms with E-state index in [-0.39, 0.29) is 42.1 Å². The molecule has 0 bridgehead atoms. The molecule has 0 radical (unpaired) electrons. The van der Waals surface area contributed by atoms with Crippen LogP contribution in [0.25, 0.3) is 21.9 Å². The van der Waals surface area contributed by atoms with Crippen molar-refractivity contribution in [2.75, 3.05) is 34.5 Å². The Morgan fingerprint density at radius 3 is 2.36 bits per heavy atom. The minimum atomic E-state index is -1.04. The van der Waals surface area contributed by atoms with Gasteiger partial charge in [0, 0.05) is 71.9 Å². The second kappa shape index (κ2) is 19.1. The average molecular weight is 876 g/mol. The highest BCUT2D eigenvalue weighted by atomic mass is 16.5. The molecule has 8 unspecified atom stereocenters. The molecule has 6 N–H and O–H groups in total. The monoisotopic (exact) mass is 875 g/mol. The van der Waals surface area contributed by atoms with Gasteiger partial charge < -0.3 is 59.3 Å². The summed E-state index contributed by atoms with van der Waals surface area (Å²) >= 11 is 0. The fraction of sp³-hybridized carbons (Fsp3) is 0.462. The van der Waals surface area contributed by atoms with Crippen LogP contribution in [0.3, 0.4) is 0 Å². The first kappa shape index (κ1) is 44.0. The van der Waals surface area contributed by atoms with Gasteiger partial charge in [0.15, 0.2) is 0 Å². The Labute approximate surface area is 374 Å². The predicted molar refractivity (Wildman–Crippen MR) is 243 cm³/mol. The molecule has 340 valence electrons. The van der Waals surface area contributed by atoms with Crippen molar-refractivity contribution in [2.24, 2.45) is 11.8 Å². The molecule has 0 aromatic heterocycles. The summed E-state index contributed by atoms with van der Waals surface area (Å²) in [5, 5.41) is 60.7. The van der Waals surface area contributed by atoms with Crippen LogP contribution in [0.15, 0.2) is 78.9 Å². The Morgan fingerprint density at radius 2 is 1.58 bits per heavy atom. The Bertz CT molecular complexity index is 2430. The zero-order valence-corrected chi connectivity index (χ0v) is 36.9. The number of aromatic hydroxyl groups is 3. The van der Waals surface area contributed by atoms with Gasteiger partial charge in [0.25, 0.3) is 0 Å². The molecule has 64 heavy (non-hydrogen) atoms. The van der Waals surface area contributed by atoms with E-state index in [0.717, 1.165) is 65.3 Å². The molecule has 2 fully saturated rings. The van der Waals surface area contributed by atoms with Crippen molar-refractivity contribution in [3.63, 3.8) is 0 Å². The van der Waals surface area contributed by atoms with Gasteiger partial charge in [-0.1, -0.05) is 18.2 Å². The molecule has 5 aromatic rings. The molecule has 5 aromatic carbocycles. The summed E-state index contributed by atoms with van der Waals surface area (Å²) in [6.07, 6.45) is 4.60. The molecule has 12 heteroatoms. The van der Waals surface area contributed by atoms with Gasteiger partial charge in [0.05, 0.1) is 44.2 Å². The smallest absolute Gasteiger partial charge is 0.133 e. The van der Waals surface area contributed by atoms with Gasteiger partial charge in [0.2, 0.25) is 0 Å². The van der Waals surface area contributed by atoms with E-state index in [0.29, 0.717) is 72.7 Å². The van der Waals surface area contributed by atoms with Crippen molar-refractivity contribution in [3.05, 3.63) is 101 Å². The highest BCUT2D eigenvalue weighted by Crippen LogP contribution is 2.55. The van der Waals surface area contributed by atoms with Gasteiger partial charge in [0.1, 0.15) is 46.4 Å². The summed E-state index contributed by atoms with van der Waals surface area (Å²) < 4.78 is 39.6. The summed E-state index contributed by atoms with van der Waals surface area (Å²) in [6, 6.07) is 23.3. The van der Waals surface area contributed by atoms with Crippen molar-refractivity contribution < 1.29 is 54.0 Å². The lowest BCUT2D eigenvalue weighted by Gasteiger charge is -2.48. The summed E-state index contributed by atoms with van der Waals surface area (Å²) in [6.45, 7) is 0.658. The van der Waals surface area contributed by atoms with Crippen LogP contribution in [0.5, 0.6) is 40.2 Å². The highest BCUT2D eigenvalue weighted by molar-refractivity contribution is 5.96. The van der Waals surface area contributed by atoms with E-state index in [2.05, 4.69) is 5.32 Å². The first-order valence-corrected chi connectivity index (χ1v) is 22.9. The number of phenols is 3. The molecule has 2 aliphatic heterocycles. The fourth-order valence-electron chi connectivity index (χ4n) is 10.8. The van der Waals surface area contributed by atoms with Crippen LogP contribution in [-0.4, -0.2) is 90.5 Å². The standard InChI is InChI=1S/C52H61NO11/c1-53-44-18-15-35(57)25-47(44)64-52-42-27-46(60-3)40-24-34(56)14-17-39(40)51(42)63-45(12-7-19-59-2)48(52)43-28-61-50-31(23-37(26-41(50)49(43)58)62-36-10-4-5-11-36)20-30-22-33(55)13-16-38(30)29-8-6-9-32(54)21-29/h6,8-9,13-14,16-17,21-24,26-27,35-36,43-45,47-49,52-58H,4-5,7,10-12,15,18-20,25,28H2,1-3H3. The van der Waals surface area contributed by atoms with E-state index in [1.54, 1.807) is 56.7 Å². The number of likely N-dealkylation sites (N-methyl/N-ethyl adjacent to an activating group) is 1. The Morgan fingerprint density at radius 1 is 0.781 bits per heavy atom. The van der Waals surface area contributed by atoms with Crippen molar-refractivity contribution in [1.29, 1.82) is 0 Å². The molecular formula is C52H61NO11. The molecule has 0 amide bonds. The van der Waals surface area contributed by atoms with Crippen LogP contribution >= 0.6 is 0 Å². The Balaban J connectivity index is 1.17. The zero-order chi connectivity index (χ0) is 44.5. The first-order valence-electron chi connectivity index (χ1n) is 22.9. The second-order valence-electron chi connectivity index (χ2n) is 18.1. The number of ether oxygens (including phenoxy) is 6. The van der Waals surface area contributed by atoms with Crippen LogP contribution in [0.1, 0.15) is 92.2 Å². The molecule has 4 aliphatic rings. The lowest BCUT2D eigenvalue weighted by atomic mass is 9.72. The number of phenolic OH excluding ortho intramolecular Hbond substituents is 3. The van der Waals surface area contributed by atoms with Crippen molar-refractivity contribution in [1.82, 2.24) is 5.32 Å². The van der Waals surface area contributed by atoms with E-state index in [1.165, 1.54) is 0 Å². The van der Waals surface area contributed by atoms with Gasteiger partial charge in [-0.2, -0.15) is 0 Å². The van der Waals surface area contributed by atoms with Crippen LogP contribution in [-0.2, 0) is 15.9 Å². The molecule has 2 heterocycles. The topological polar surface area (TPSA) is 169 Å². The lowest BCUT2D eigenvalue weighted by Crippen LogP contribution is -2.51. The number of aliphatic hydroxyl groups is 2. The highest BCUT2D eigenvalue weighted by Gasteiger charge is 2.50. The Hall–Kier alpha value is -5.24. The van der Waals surface area contributed by atoms with Crippen molar-refractivity contribution in [3.8, 4) is 51.4 Å². The van der Waals surface area contributed by atoms with Gasteiger partial charge >= 0.3 is 0 Å². The van der Waals surface area contributed by atoms with Crippen LogP contribution in [0, 0.1) is 11.8 Å². The minimum Gasteiger partial charge on any atom is -0.508 e. The SMILES string of the molecule is CNC1CCC(O)CC1OC1c2cc(OC)c3cc(O)ccc3c2OC(CCCOC)C1C1COc2c(Cc3cc(O)ccc3-c3cccc(O)c3)cc(OC3CCCC3)cc2C1O. The number of methoxy groups -OCH3 is 2. The van der Waals surface area contributed by atoms with Crippen molar-refractivity contribution >= 4 is 10.8 Å². The number of nitrogens with one attached hydrogen (secondary N) is 1. The van der Waals surface area contributed by atoms with E-state index in [9.17, 15) is 25.5 Å². The number of hydrogen-bond donors (Lipinski definition) is 6. The number of rotatable bonds is 14. The number of benzene rings is 5. The van der Waals surface area contributed by atoms with E-state index in [1.807, 2.05) is 43.4 Å². The van der Waals surface area contributed by atoms with Gasteiger partial charge in [-0.25, -0.2) is 0 Å². The molecule has 2 aliphatic carbocycles. The largest absolute Gasteiger partial charge is 0.508 e. The Kier molecular flexibility index (Phi) is 13.1. The van der Waals surface area contributed by atoms with Crippen LogP contribution in [0.4, 0.5) is 0 Å². The molecule has 12 nitrogen and oxygen atoms in total. The third-order valence-electron chi connectivity index (χ3n) is 14.0. The molecule has 2 saturated carbocycles. The van der Waals surface area contributed by atoms with Crippen molar-refractivity contribution in [2.45, 2.75) is 107 Å². The summed E-state index contributed by atoms with van der Waals surface area (Å²) in [4.78, 5) is 0.